The van der Waals surface area contributed by atoms with Gasteiger partial charge in [-0.25, -0.2) is 0 Å². The molecule has 84 valence electrons. The van der Waals surface area contributed by atoms with Gasteiger partial charge in [-0.1, -0.05) is 39.3 Å². The highest BCUT2D eigenvalue weighted by molar-refractivity contribution is 5.02. The maximum Gasteiger partial charge on any atom is 0.0162 e. The minimum absolute atomic E-state index is 0.746. The van der Waals surface area contributed by atoms with Gasteiger partial charge in [-0.2, -0.15) is 0 Å². The van der Waals surface area contributed by atoms with Gasteiger partial charge >= 0.3 is 0 Å². The van der Waals surface area contributed by atoms with Gasteiger partial charge in [0.25, 0.3) is 0 Å². The average molecular weight is 197 g/mol. The van der Waals surface area contributed by atoms with Crippen LogP contribution in [0.2, 0.25) is 0 Å². The summed E-state index contributed by atoms with van der Waals surface area (Å²) in [6.07, 6.45) is 4.95. The molecule has 0 unspecified atom stereocenters. The fourth-order valence-electron chi connectivity index (χ4n) is 1.54. The van der Waals surface area contributed by atoms with E-state index in [1.54, 1.807) is 0 Å². The molecule has 0 aliphatic rings. The Morgan fingerprint density at radius 2 is 1.79 bits per heavy atom. The minimum atomic E-state index is 0.746. The average Bonchev–Trinajstić information content (AvgIpc) is 2.13. The van der Waals surface area contributed by atoms with E-state index in [1.165, 1.54) is 18.4 Å². The van der Waals surface area contributed by atoms with Crippen LogP contribution in [0.1, 0.15) is 47.5 Å². The first-order chi connectivity index (χ1) is 6.60. The van der Waals surface area contributed by atoms with E-state index in [0.29, 0.717) is 0 Å². The van der Waals surface area contributed by atoms with Gasteiger partial charge in [0.05, 0.1) is 0 Å². The fraction of sp³-hybridized carbons (Fsp3) is 0.846. The van der Waals surface area contributed by atoms with Crippen molar-refractivity contribution in [2.24, 2.45) is 11.8 Å². The molecule has 0 fully saturated rings. The first kappa shape index (κ1) is 13.7. The molecule has 0 aromatic heterocycles. The summed E-state index contributed by atoms with van der Waals surface area (Å²) in [5.74, 6) is 1.52. The lowest BCUT2D eigenvalue weighted by atomic mass is 10.0. The van der Waals surface area contributed by atoms with Gasteiger partial charge in [-0.05, 0) is 38.1 Å². The Morgan fingerprint density at radius 3 is 2.21 bits per heavy atom. The lowest BCUT2D eigenvalue weighted by Gasteiger charge is -2.11. The molecule has 0 rings (SSSR count). The van der Waals surface area contributed by atoms with E-state index in [2.05, 4.69) is 46.0 Å². The summed E-state index contributed by atoms with van der Waals surface area (Å²) in [5, 5.41) is 3.47. The Labute approximate surface area is 90.0 Å². The maximum atomic E-state index is 3.47. The van der Waals surface area contributed by atoms with Gasteiger partial charge in [0.1, 0.15) is 0 Å². The lowest BCUT2D eigenvalue weighted by Crippen LogP contribution is -2.21. The van der Waals surface area contributed by atoms with Gasteiger partial charge in [-0.3, -0.25) is 0 Å². The highest BCUT2D eigenvalue weighted by Gasteiger charge is 2.00. The summed E-state index contributed by atoms with van der Waals surface area (Å²) in [6.45, 7) is 13.4. The third kappa shape index (κ3) is 7.14. The monoisotopic (exact) mass is 197 g/mol. The highest BCUT2D eigenvalue weighted by atomic mass is 14.8. The van der Waals surface area contributed by atoms with E-state index in [-0.39, 0.29) is 0 Å². The molecule has 1 heteroatoms. The summed E-state index contributed by atoms with van der Waals surface area (Å²) >= 11 is 0. The van der Waals surface area contributed by atoms with Crippen molar-refractivity contribution in [3.63, 3.8) is 0 Å². The van der Waals surface area contributed by atoms with Crippen LogP contribution >= 0.6 is 0 Å². The van der Waals surface area contributed by atoms with E-state index in [4.69, 9.17) is 0 Å². The van der Waals surface area contributed by atoms with Crippen molar-refractivity contribution in [2.75, 3.05) is 13.1 Å². The van der Waals surface area contributed by atoms with Crippen molar-refractivity contribution in [1.82, 2.24) is 5.32 Å². The van der Waals surface area contributed by atoms with E-state index in [0.717, 1.165) is 24.9 Å². The molecule has 0 aliphatic heterocycles. The number of hydrogen-bond acceptors (Lipinski definition) is 1. The third-order valence-corrected chi connectivity index (χ3v) is 2.53. The van der Waals surface area contributed by atoms with Crippen LogP contribution in [0.5, 0.6) is 0 Å². The normalized spacial score (nSPS) is 12.9. The topological polar surface area (TPSA) is 12.0 Å². The molecule has 0 aromatic carbocycles. The maximum absolute atomic E-state index is 3.47. The van der Waals surface area contributed by atoms with Crippen LogP contribution in [-0.2, 0) is 0 Å². The van der Waals surface area contributed by atoms with Gasteiger partial charge < -0.3 is 5.32 Å². The Hall–Kier alpha value is -0.300. The largest absolute Gasteiger partial charge is 0.313 e. The minimum Gasteiger partial charge on any atom is -0.313 e. The van der Waals surface area contributed by atoms with Crippen molar-refractivity contribution < 1.29 is 0 Å². The van der Waals surface area contributed by atoms with Crippen molar-refractivity contribution in [2.45, 2.75) is 47.5 Å². The number of allylic oxidation sites excluding steroid dienone is 1. The Kier molecular flexibility index (Phi) is 7.87. The zero-order valence-corrected chi connectivity index (χ0v) is 10.6. The van der Waals surface area contributed by atoms with Crippen molar-refractivity contribution in [1.29, 1.82) is 0 Å². The standard InChI is InChI=1S/C13H27N/c1-6-13(7-2)8-12(5)10-14-9-11(3)4/h8,11,13-14H,6-7,9-10H2,1-5H3. The first-order valence-corrected chi connectivity index (χ1v) is 5.98. The van der Waals surface area contributed by atoms with Crippen LogP contribution in [0.4, 0.5) is 0 Å². The van der Waals surface area contributed by atoms with Crippen molar-refractivity contribution in [3.05, 3.63) is 11.6 Å². The van der Waals surface area contributed by atoms with Crippen LogP contribution in [-0.4, -0.2) is 13.1 Å². The number of rotatable bonds is 7. The summed E-state index contributed by atoms with van der Waals surface area (Å²) in [6, 6.07) is 0. The molecular formula is C13H27N. The number of hydrogen-bond donors (Lipinski definition) is 1. The van der Waals surface area contributed by atoms with Gasteiger partial charge in [0.15, 0.2) is 0 Å². The third-order valence-electron chi connectivity index (χ3n) is 2.53. The van der Waals surface area contributed by atoms with Crippen LogP contribution in [0.15, 0.2) is 11.6 Å². The molecule has 0 aromatic rings. The Balaban J connectivity index is 3.75. The van der Waals surface area contributed by atoms with E-state index >= 15 is 0 Å². The number of nitrogens with one attached hydrogen (secondary N) is 1. The summed E-state index contributed by atoms with van der Waals surface area (Å²) in [7, 11) is 0. The predicted octanol–water partition coefficient (Wildman–Crippen LogP) is 3.61. The molecule has 0 saturated heterocycles. The molecular weight excluding hydrogens is 170 g/mol. The molecule has 0 amide bonds. The molecule has 0 saturated carbocycles. The quantitative estimate of drug-likeness (QED) is 0.615. The highest BCUT2D eigenvalue weighted by Crippen LogP contribution is 2.11. The van der Waals surface area contributed by atoms with Crippen LogP contribution in [0.3, 0.4) is 0 Å². The lowest BCUT2D eigenvalue weighted by molar-refractivity contribution is 0.564. The fourth-order valence-corrected chi connectivity index (χ4v) is 1.54. The summed E-state index contributed by atoms with van der Waals surface area (Å²) in [4.78, 5) is 0. The van der Waals surface area contributed by atoms with Gasteiger partial charge in [0.2, 0.25) is 0 Å². The van der Waals surface area contributed by atoms with Crippen LogP contribution in [0.25, 0.3) is 0 Å². The van der Waals surface area contributed by atoms with Crippen LogP contribution < -0.4 is 5.32 Å². The zero-order valence-electron chi connectivity index (χ0n) is 10.6. The second-order valence-corrected chi connectivity index (χ2v) is 4.61. The van der Waals surface area contributed by atoms with E-state index < -0.39 is 0 Å². The van der Waals surface area contributed by atoms with E-state index in [9.17, 15) is 0 Å². The Bertz CT molecular complexity index is 155. The second kappa shape index (κ2) is 8.05. The van der Waals surface area contributed by atoms with Crippen molar-refractivity contribution in [3.8, 4) is 0 Å². The molecule has 0 aliphatic carbocycles. The SMILES string of the molecule is CCC(C=C(C)CNCC(C)C)CC. The Morgan fingerprint density at radius 1 is 1.21 bits per heavy atom. The molecule has 0 heterocycles. The predicted molar refractivity (Wildman–Crippen MR) is 65.5 cm³/mol. The smallest absolute Gasteiger partial charge is 0.0162 e. The van der Waals surface area contributed by atoms with E-state index in [1.807, 2.05) is 0 Å². The molecule has 0 bridgehead atoms. The van der Waals surface area contributed by atoms with Crippen molar-refractivity contribution >= 4 is 0 Å². The molecule has 0 spiro atoms. The molecule has 1 N–H and O–H groups in total. The van der Waals surface area contributed by atoms with Gasteiger partial charge in [0, 0.05) is 6.54 Å². The molecule has 1 nitrogen and oxygen atoms in total. The van der Waals surface area contributed by atoms with Gasteiger partial charge in [-0.15, -0.1) is 0 Å². The molecule has 14 heavy (non-hydrogen) atoms. The first-order valence-electron chi connectivity index (χ1n) is 5.98. The summed E-state index contributed by atoms with van der Waals surface area (Å²) in [5.41, 5.74) is 1.49. The molecule has 0 radical (unpaired) electrons. The summed E-state index contributed by atoms with van der Waals surface area (Å²) < 4.78 is 0. The second-order valence-electron chi connectivity index (χ2n) is 4.61. The van der Waals surface area contributed by atoms with Crippen LogP contribution in [0, 0.1) is 11.8 Å². The molecule has 0 atom stereocenters. The zero-order chi connectivity index (χ0) is 11.0.